The highest BCUT2D eigenvalue weighted by molar-refractivity contribution is 7.90. The van der Waals surface area contributed by atoms with Crippen molar-refractivity contribution in [2.75, 3.05) is 12.0 Å². The van der Waals surface area contributed by atoms with Crippen LogP contribution in [0.2, 0.25) is 10.0 Å². The summed E-state index contributed by atoms with van der Waals surface area (Å²) in [5, 5.41) is 3.72. The van der Waals surface area contributed by atoms with Gasteiger partial charge in [-0.3, -0.25) is 4.79 Å². The van der Waals surface area contributed by atoms with Crippen LogP contribution in [0.15, 0.2) is 65.8 Å². The summed E-state index contributed by atoms with van der Waals surface area (Å²) in [7, 11) is -3.28. The number of carbonyl (C=O) groups is 1. The van der Waals surface area contributed by atoms with Crippen molar-refractivity contribution >= 4 is 44.9 Å². The number of nitrogens with zero attached hydrogens (tertiary/aromatic N) is 2. The van der Waals surface area contributed by atoms with E-state index in [0.717, 1.165) is 11.8 Å². The third-order valence-corrected chi connectivity index (χ3v) is 6.55. The van der Waals surface area contributed by atoms with E-state index in [2.05, 4.69) is 20.3 Å². The van der Waals surface area contributed by atoms with Gasteiger partial charge in [0.1, 0.15) is 5.69 Å². The standard InChI is InChI=1S/C23H19Cl2N5O3S/c1-34(32,33)18-4-2-13(3-5-18)10-28-22(31)20-8-15(11-27-20)21-19(12-29-23(26)30-21)14-6-16(24)9-17(25)7-14/h2-9,11-12,27H,10H2,1H3,(H,28,31)(H2,26,29,30). The maximum atomic E-state index is 12.7. The summed E-state index contributed by atoms with van der Waals surface area (Å²) in [4.78, 5) is 24.3. The monoisotopic (exact) mass is 515 g/mol. The lowest BCUT2D eigenvalue weighted by molar-refractivity contribution is 0.0946. The maximum Gasteiger partial charge on any atom is 0.267 e. The summed E-state index contributed by atoms with van der Waals surface area (Å²) in [5.41, 5.74) is 9.39. The van der Waals surface area contributed by atoms with Crippen molar-refractivity contribution < 1.29 is 13.2 Å². The summed E-state index contributed by atoms with van der Waals surface area (Å²) in [6.07, 6.45) is 4.37. The van der Waals surface area contributed by atoms with Crippen LogP contribution in [0.3, 0.4) is 0 Å². The Bertz CT molecular complexity index is 1460. The summed E-state index contributed by atoms with van der Waals surface area (Å²) in [5.74, 6) is -0.260. The van der Waals surface area contributed by atoms with Crippen LogP contribution >= 0.6 is 23.2 Å². The van der Waals surface area contributed by atoms with Gasteiger partial charge in [0.2, 0.25) is 5.95 Å². The number of nitrogen functional groups attached to an aromatic ring is 1. The number of nitrogens with one attached hydrogen (secondary N) is 2. The number of amides is 1. The van der Waals surface area contributed by atoms with Crippen LogP contribution in [-0.2, 0) is 16.4 Å². The zero-order valence-electron chi connectivity index (χ0n) is 17.8. The molecule has 0 fully saturated rings. The number of rotatable bonds is 6. The number of sulfone groups is 1. The Labute approximate surface area is 206 Å². The van der Waals surface area contributed by atoms with E-state index in [4.69, 9.17) is 28.9 Å². The first-order valence-electron chi connectivity index (χ1n) is 9.95. The average molecular weight is 516 g/mol. The number of nitrogens with two attached hydrogens (primary N) is 1. The molecule has 0 aliphatic carbocycles. The molecule has 0 aliphatic heterocycles. The predicted molar refractivity (Wildman–Crippen MR) is 132 cm³/mol. The van der Waals surface area contributed by atoms with Crippen molar-refractivity contribution in [2.24, 2.45) is 0 Å². The van der Waals surface area contributed by atoms with Gasteiger partial charge in [0, 0.05) is 46.4 Å². The number of anilines is 1. The van der Waals surface area contributed by atoms with Gasteiger partial charge in [-0.25, -0.2) is 18.4 Å². The average Bonchev–Trinajstić information content (AvgIpc) is 3.27. The Kier molecular flexibility index (Phi) is 6.60. The molecule has 4 rings (SSSR count). The van der Waals surface area contributed by atoms with Crippen LogP contribution in [-0.4, -0.2) is 35.5 Å². The molecule has 0 atom stereocenters. The van der Waals surface area contributed by atoms with Crippen molar-refractivity contribution in [3.8, 4) is 22.4 Å². The molecular formula is C23H19Cl2N5O3S. The zero-order valence-corrected chi connectivity index (χ0v) is 20.2. The van der Waals surface area contributed by atoms with Crippen molar-refractivity contribution in [3.63, 3.8) is 0 Å². The predicted octanol–water partition coefficient (Wildman–Crippen LogP) is 4.36. The quantitative estimate of drug-likeness (QED) is 0.349. The van der Waals surface area contributed by atoms with Gasteiger partial charge in [-0.15, -0.1) is 0 Å². The van der Waals surface area contributed by atoms with Crippen LogP contribution in [0.25, 0.3) is 22.4 Å². The Hall–Kier alpha value is -3.40. The molecule has 0 spiro atoms. The van der Waals surface area contributed by atoms with Crippen LogP contribution in [0.5, 0.6) is 0 Å². The smallest absolute Gasteiger partial charge is 0.267 e. The molecule has 1 amide bonds. The van der Waals surface area contributed by atoms with Crippen molar-refractivity contribution in [1.82, 2.24) is 20.3 Å². The molecule has 0 bridgehead atoms. The van der Waals surface area contributed by atoms with Gasteiger partial charge in [-0.1, -0.05) is 35.3 Å². The van der Waals surface area contributed by atoms with E-state index in [0.29, 0.717) is 38.1 Å². The third kappa shape index (κ3) is 5.39. The number of hydrogen-bond donors (Lipinski definition) is 3. The summed E-state index contributed by atoms with van der Waals surface area (Å²) in [6, 6.07) is 13.1. The number of H-pyrrole nitrogens is 1. The van der Waals surface area contributed by atoms with E-state index in [1.54, 1.807) is 48.8 Å². The molecular weight excluding hydrogens is 497 g/mol. The molecule has 0 radical (unpaired) electrons. The van der Waals surface area contributed by atoms with Gasteiger partial charge in [0.25, 0.3) is 5.91 Å². The summed E-state index contributed by atoms with van der Waals surface area (Å²) in [6.45, 7) is 0.226. The first-order valence-corrected chi connectivity index (χ1v) is 12.6. The molecule has 2 heterocycles. The van der Waals surface area contributed by atoms with Crippen LogP contribution < -0.4 is 11.1 Å². The lowest BCUT2D eigenvalue weighted by Crippen LogP contribution is -2.23. The number of carbonyl (C=O) groups excluding carboxylic acids is 1. The molecule has 8 nitrogen and oxygen atoms in total. The lowest BCUT2D eigenvalue weighted by Gasteiger charge is -2.09. The first kappa shape index (κ1) is 23.7. The molecule has 34 heavy (non-hydrogen) atoms. The molecule has 174 valence electrons. The van der Waals surface area contributed by atoms with Gasteiger partial charge >= 0.3 is 0 Å². The number of benzene rings is 2. The molecule has 0 aliphatic rings. The highest BCUT2D eigenvalue weighted by atomic mass is 35.5. The second kappa shape index (κ2) is 9.46. The van der Waals surface area contributed by atoms with E-state index < -0.39 is 9.84 Å². The molecule has 2 aromatic heterocycles. The van der Waals surface area contributed by atoms with E-state index in [-0.39, 0.29) is 23.3 Å². The number of aromatic amines is 1. The fourth-order valence-electron chi connectivity index (χ4n) is 3.33. The SMILES string of the molecule is CS(=O)(=O)c1ccc(CNC(=O)c2cc(-c3nc(N)ncc3-c3cc(Cl)cc(Cl)c3)c[nH]2)cc1. The molecule has 2 aromatic carbocycles. The first-order chi connectivity index (χ1) is 16.1. The molecule has 0 unspecified atom stereocenters. The Balaban J connectivity index is 1.55. The molecule has 0 saturated carbocycles. The number of hydrogen-bond acceptors (Lipinski definition) is 6. The van der Waals surface area contributed by atoms with Gasteiger partial charge in [-0.05, 0) is 47.5 Å². The van der Waals surface area contributed by atoms with Gasteiger partial charge in [0.05, 0.1) is 10.6 Å². The summed E-state index contributed by atoms with van der Waals surface area (Å²) >= 11 is 12.3. The maximum absolute atomic E-state index is 12.7. The van der Waals surface area contributed by atoms with Gasteiger partial charge in [0.15, 0.2) is 9.84 Å². The van der Waals surface area contributed by atoms with E-state index in [1.807, 2.05) is 0 Å². The van der Waals surface area contributed by atoms with Gasteiger partial charge in [-0.2, -0.15) is 0 Å². The normalized spacial score (nSPS) is 11.4. The molecule has 0 saturated heterocycles. The molecule has 11 heteroatoms. The molecule has 4 aromatic rings. The number of aromatic nitrogens is 3. The highest BCUT2D eigenvalue weighted by Crippen LogP contribution is 2.34. The highest BCUT2D eigenvalue weighted by Gasteiger charge is 2.16. The Morgan fingerprint density at radius 3 is 2.38 bits per heavy atom. The Morgan fingerprint density at radius 2 is 1.74 bits per heavy atom. The fourth-order valence-corrected chi connectivity index (χ4v) is 4.49. The minimum atomic E-state index is -3.28. The van der Waals surface area contributed by atoms with E-state index in [1.165, 1.54) is 12.1 Å². The van der Waals surface area contributed by atoms with E-state index >= 15 is 0 Å². The van der Waals surface area contributed by atoms with Crippen molar-refractivity contribution in [3.05, 3.63) is 82.2 Å². The van der Waals surface area contributed by atoms with E-state index in [9.17, 15) is 13.2 Å². The largest absolute Gasteiger partial charge is 0.368 e. The fraction of sp³-hybridized carbons (Fsp3) is 0.0870. The van der Waals surface area contributed by atoms with Crippen molar-refractivity contribution in [1.29, 1.82) is 0 Å². The minimum absolute atomic E-state index is 0.0802. The topological polar surface area (TPSA) is 131 Å². The van der Waals surface area contributed by atoms with Crippen LogP contribution in [0.4, 0.5) is 5.95 Å². The third-order valence-electron chi connectivity index (χ3n) is 4.99. The number of halogens is 2. The van der Waals surface area contributed by atoms with Crippen molar-refractivity contribution in [2.45, 2.75) is 11.4 Å². The van der Waals surface area contributed by atoms with Crippen LogP contribution in [0, 0.1) is 0 Å². The second-order valence-corrected chi connectivity index (χ2v) is 10.4. The zero-order chi connectivity index (χ0) is 24.5. The minimum Gasteiger partial charge on any atom is -0.368 e. The summed E-state index contributed by atoms with van der Waals surface area (Å²) < 4.78 is 23.2. The Morgan fingerprint density at radius 1 is 1.06 bits per heavy atom. The van der Waals surface area contributed by atoms with Crippen LogP contribution in [0.1, 0.15) is 16.1 Å². The van der Waals surface area contributed by atoms with Gasteiger partial charge < -0.3 is 16.0 Å². The molecule has 4 N–H and O–H groups in total. The lowest BCUT2D eigenvalue weighted by atomic mass is 10.0. The second-order valence-electron chi connectivity index (χ2n) is 7.55.